The predicted molar refractivity (Wildman–Crippen MR) is 88.9 cm³/mol. The molecule has 0 saturated carbocycles. The number of piperazine rings is 1. The number of hydrogen-bond acceptors (Lipinski definition) is 7. The van der Waals surface area contributed by atoms with E-state index in [-0.39, 0.29) is 5.56 Å². The summed E-state index contributed by atoms with van der Waals surface area (Å²) in [5.41, 5.74) is 0.859. The molecule has 1 saturated heterocycles. The Morgan fingerprint density at radius 3 is 2.77 bits per heavy atom. The first kappa shape index (κ1) is 13.9. The van der Waals surface area contributed by atoms with Gasteiger partial charge in [-0.05, 0) is 0 Å². The van der Waals surface area contributed by atoms with Gasteiger partial charge in [0.25, 0.3) is 5.56 Å². The fourth-order valence-corrected chi connectivity index (χ4v) is 4.10. The third-order valence-electron chi connectivity index (χ3n) is 3.80. The second-order valence-corrected chi connectivity index (χ2v) is 6.97. The van der Waals surface area contributed by atoms with Gasteiger partial charge in [-0.25, -0.2) is 9.97 Å². The van der Waals surface area contributed by atoms with Crippen molar-refractivity contribution in [1.29, 1.82) is 0 Å². The molecule has 3 aromatic rings. The Balaban J connectivity index is 1.44. The predicted octanol–water partition coefficient (Wildman–Crippen LogP) is 1.53. The van der Waals surface area contributed by atoms with Crippen LogP contribution in [0.25, 0.3) is 4.96 Å². The first-order valence-corrected chi connectivity index (χ1v) is 8.88. The second-order valence-electron chi connectivity index (χ2n) is 5.22. The van der Waals surface area contributed by atoms with Crippen LogP contribution in [-0.2, 0) is 6.54 Å². The van der Waals surface area contributed by atoms with Crippen molar-refractivity contribution in [3.05, 3.63) is 45.3 Å². The smallest absolute Gasteiger partial charge is 0.258 e. The molecule has 3 aromatic heterocycles. The molecule has 0 atom stereocenters. The molecular weight excluding hydrogens is 318 g/mol. The molecule has 4 heterocycles. The van der Waals surface area contributed by atoms with E-state index in [4.69, 9.17) is 0 Å². The molecule has 0 bridgehead atoms. The van der Waals surface area contributed by atoms with Crippen LogP contribution in [0.4, 0.5) is 5.13 Å². The maximum Gasteiger partial charge on any atom is 0.258 e. The molecule has 8 heteroatoms. The third kappa shape index (κ3) is 2.65. The van der Waals surface area contributed by atoms with Crippen LogP contribution in [-0.4, -0.2) is 45.4 Å². The molecular formula is C14H15N5OS2. The fourth-order valence-electron chi connectivity index (χ4n) is 2.67. The maximum atomic E-state index is 12.0. The first-order chi connectivity index (χ1) is 10.8. The fraction of sp³-hybridized carbons (Fsp3) is 0.357. The highest BCUT2D eigenvalue weighted by Crippen LogP contribution is 2.19. The van der Waals surface area contributed by atoms with E-state index in [1.807, 2.05) is 17.0 Å². The van der Waals surface area contributed by atoms with E-state index in [1.165, 1.54) is 11.3 Å². The van der Waals surface area contributed by atoms with E-state index >= 15 is 0 Å². The molecule has 0 aromatic carbocycles. The van der Waals surface area contributed by atoms with Gasteiger partial charge in [0.05, 0.1) is 5.69 Å². The number of aromatic nitrogens is 3. The van der Waals surface area contributed by atoms with Gasteiger partial charge in [-0.3, -0.25) is 14.1 Å². The van der Waals surface area contributed by atoms with Crippen molar-refractivity contribution in [1.82, 2.24) is 19.3 Å². The van der Waals surface area contributed by atoms with Gasteiger partial charge in [0, 0.05) is 61.9 Å². The van der Waals surface area contributed by atoms with Crippen LogP contribution < -0.4 is 10.5 Å². The van der Waals surface area contributed by atoms with Gasteiger partial charge >= 0.3 is 0 Å². The normalized spacial score (nSPS) is 16.5. The minimum absolute atomic E-state index is 0.00247. The van der Waals surface area contributed by atoms with Crippen LogP contribution >= 0.6 is 22.7 Å². The average molecular weight is 333 g/mol. The highest BCUT2D eigenvalue weighted by Gasteiger charge is 2.19. The van der Waals surface area contributed by atoms with Crippen LogP contribution in [0.5, 0.6) is 0 Å². The van der Waals surface area contributed by atoms with Crippen molar-refractivity contribution in [3.63, 3.8) is 0 Å². The van der Waals surface area contributed by atoms with Crippen molar-refractivity contribution in [2.75, 3.05) is 31.1 Å². The summed E-state index contributed by atoms with van der Waals surface area (Å²) in [6.45, 7) is 4.59. The quantitative estimate of drug-likeness (QED) is 0.728. The summed E-state index contributed by atoms with van der Waals surface area (Å²) in [6.07, 6.45) is 3.62. The number of rotatable bonds is 3. The van der Waals surface area contributed by atoms with Gasteiger partial charge in [-0.2, -0.15) is 0 Å². The summed E-state index contributed by atoms with van der Waals surface area (Å²) >= 11 is 3.17. The molecule has 0 radical (unpaired) electrons. The van der Waals surface area contributed by atoms with Gasteiger partial charge < -0.3 is 4.90 Å². The third-order valence-corrected chi connectivity index (χ3v) is 5.39. The molecule has 0 aliphatic carbocycles. The Labute approximate surface area is 135 Å². The zero-order valence-electron chi connectivity index (χ0n) is 11.9. The van der Waals surface area contributed by atoms with E-state index < -0.39 is 0 Å². The topological polar surface area (TPSA) is 53.7 Å². The number of hydrogen-bond donors (Lipinski definition) is 0. The molecule has 0 spiro atoms. The van der Waals surface area contributed by atoms with Crippen molar-refractivity contribution < 1.29 is 0 Å². The molecule has 1 fully saturated rings. The van der Waals surface area contributed by atoms with Crippen LogP contribution in [0.15, 0.2) is 34.0 Å². The van der Waals surface area contributed by atoms with Crippen molar-refractivity contribution >= 4 is 32.8 Å². The van der Waals surface area contributed by atoms with Crippen LogP contribution in [0.1, 0.15) is 5.69 Å². The largest absolute Gasteiger partial charge is 0.346 e. The average Bonchev–Trinajstić information content (AvgIpc) is 3.19. The van der Waals surface area contributed by atoms with E-state index in [0.29, 0.717) is 0 Å². The lowest BCUT2D eigenvalue weighted by Gasteiger charge is -2.34. The lowest BCUT2D eigenvalue weighted by atomic mass is 10.3. The number of thiazole rings is 2. The van der Waals surface area contributed by atoms with Gasteiger partial charge in [0.1, 0.15) is 0 Å². The Hall–Kier alpha value is -1.77. The van der Waals surface area contributed by atoms with Crippen LogP contribution in [0, 0.1) is 0 Å². The van der Waals surface area contributed by atoms with Gasteiger partial charge in [0.2, 0.25) is 0 Å². The summed E-state index contributed by atoms with van der Waals surface area (Å²) in [7, 11) is 0. The summed E-state index contributed by atoms with van der Waals surface area (Å²) in [5.74, 6) is 0. The molecule has 1 aliphatic heterocycles. The summed E-state index contributed by atoms with van der Waals surface area (Å²) in [5, 5.41) is 4.99. The van der Waals surface area contributed by atoms with Crippen molar-refractivity contribution in [3.8, 4) is 0 Å². The lowest BCUT2D eigenvalue weighted by molar-refractivity contribution is 0.247. The molecule has 0 unspecified atom stereocenters. The number of nitrogens with zero attached hydrogens (tertiary/aromatic N) is 5. The monoisotopic (exact) mass is 333 g/mol. The number of fused-ring (bicyclic) bond motifs is 1. The zero-order valence-corrected chi connectivity index (χ0v) is 13.5. The Bertz CT molecular complexity index is 817. The zero-order chi connectivity index (χ0) is 14.9. The Kier molecular flexibility index (Phi) is 3.65. The van der Waals surface area contributed by atoms with Gasteiger partial charge in [0.15, 0.2) is 10.1 Å². The van der Waals surface area contributed by atoms with Crippen molar-refractivity contribution in [2.45, 2.75) is 6.54 Å². The highest BCUT2D eigenvalue weighted by atomic mass is 32.1. The Morgan fingerprint density at radius 2 is 2.00 bits per heavy atom. The van der Waals surface area contributed by atoms with Crippen molar-refractivity contribution in [2.24, 2.45) is 0 Å². The first-order valence-electron chi connectivity index (χ1n) is 7.12. The molecule has 114 valence electrons. The van der Waals surface area contributed by atoms with E-state index in [0.717, 1.165) is 48.5 Å². The molecule has 0 N–H and O–H groups in total. The minimum atomic E-state index is 0.00247. The molecule has 0 amide bonds. The van der Waals surface area contributed by atoms with Crippen LogP contribution in [0.3, 0.4) is 0 Å². The molecule has 4 rings (SSSR count). The maximum absolute atomic E-state index is 12.0. The van der Waals surface area contributed by atoms with Gasteiger partial charge in [-0.1, -0.05) is 0 Å². The van der Waals surface area contributed by atoms with Crippen LogP contribution in [0.2, 0.25) is 0 Å². The van der Waals surface area contributed by atoms with E-state index in [2.05, 4.69) is 19.8 Å². The highest BCUT2D eigenvalue weighted by molar-refractivity contribution is 7.15. The summed E-state index contributed by atoms with van der Waals surface area (Å²) < 4.78 is 1.59. The van der Waals surface area contributed by atoms with E-state index in [1.54, 1.807) is 28.0 Å². The summed E-state index contributed by atoms with van der Waals surface area (Å²) in [6, 6.07) is 1.65. The lowest BCUT2D eigenvalue weighted by Crippen LogP contribution is -2.46. The van der Waals surface area contributed by atoms with Gasteiger partial charge in [-0.15, -0.1) is 22.7 Å². The number of anilines is 1. The minimum Gasteiger partial charge on any atom is -0.346 e. The SMILES string of the molecule is O=c1cc(CN2CCN(c3nccs3)CC2)nc2sccn12. The molecule has 6 nitrogen and oxygen atoms in total. The standard InChI is InChI=1S/C14H15N5OS2/c20-12-9-11(16-14-19(12)6-8-22-14)10-17-2-4-18(5-3-17)13-15-1-7-21-13/h1,6-9H,2-5,10H2. The Morgan fingerprint density at radius 1 is 1.14 bits per heavy atom. The molecule has 22 heavy (non-hydrogen) atoms. The second kappa shape index (κ2) is 5.79. The van der Waals surface area contributed by atoms with E-state index in [9.17, 15) is 4.79 Å². The molecule has 1 aliphatic rings. The summed E-state index contributed by atoms with van der Waals surface area (Å²) in [4.78, 5) is 26.4.